The van der Waals surface area contributed by atoms with E-state index < -0.39 is 23.3 Å². The number of hydrogen-bond acceptors (Lipinski definition) is 5. The van der Waals surface area contributed by atoms with Gasteiger partial charge in [-0.05, 0) is 17.5 Å². The molecule has 0 fully saturated rings. The minimum atomic E-state index is -0.742. The number of para-hydroxylation sites is 2. The Labute approximate surface area is 134 Å². The number of rotatable bonds is 4. The number of ether oxygens (including phenoxy) is 1. The molecular weight excluding hydrogens is 296 g/mol. The number of nitrogens with one attached hydrogen (secondary N) is 1. The number of fused-ring (bicyclic) bond motifs is 1. The maximum atomic E-state index is 12.0. The number of hydrogen-bond donors (Lipinski definition) is 1. The second kappa shape index (κ2) is 6.64. The molecule has 2 aromatic rings. The van der Waals surface area contributed by atoms with E-state index in [0.717, 1.165) is 5.52 Å². The Morgan fingerprint density at radius 3 is 2.61 bits per heavy atom. The summed E-state index contributed by atoms with van der Waals surface area (Å²) in [5, 5.41) is 2.64. The normalized spacial score (nSPS) is 13.2. The molecule has 6 nitrogen and oxygen atoms in total. The largest absolute Gasteiger partial charge is 0.467 e. The summed E-state index contributed by atoms with van der Waals surface area (Å²) in [6.45, 7) is 5.54. The van der Waals surface area contributed by atoms with E-state index >= 15 is 0 Å². The average molecular weight is 316 g/mol. The predicted molar refractivity (Wildman–Crippen MR) is 86.4 cm³/mol. The standard InChI is InChI=1S/C17H20N2O4/c1-17(2,3)15(16(21)22-4)19-13(20)9-10-14-18-11-7-5-6-8-12(11)23-14/h5-10,15H,1-4H3,(H,19,20)/b10-9-/t15-/m0/s1. The van der Waals surface area contributed by atoms with Crippen LogP contribution < -0.4 is 5.32 Å². The summed E-state index contributed by atoms with van der Waals surface area (Å²) in [4.78, 5) is 28.1. The summed E-state index contributed by atoms with van der Waals surface area (Å²) in [6.07, 6.45) is 2.75. The molecule has 0 aliphatic carbocycles. The van der Waals surface area contributed by atoms with Crippen molar-refractivity contribution in [1.29, 1.82) is 0 Å². The summed E-state index contributed by atoms with van der Waals surface area (Å²) in [7, 11) is 1.29. The Kier molecular flexibility index (Phi) is 4.83. The molecule has 0 aliphatic rings. The molecule has 0 bridgehead atoms. The predicted octanol–water partition coefficient (Wildman–Crippen LogP) is 2.54. The van der Waals surface area contributed by atoms with Gasteiger partial charge < -0.3 is 14.5 Å². The van der Waals surface area contributed by atoms with E-state index in [2.05, 4.69) is 10.3 Å². The number of esters is 1. The van der Waals surface area contributed by atoms with Crippen molar-refractivity contribution in [3.8, 4) is 0 Å². The van der Waals surface area contributed by atoms with Gasteiger partial charge in [-0.15, -0.1) is 0 Å². The van der Waals surface area contributed by atoms with Gasteiger partial charge in [0.15, 0.2) is 5.58 Å². The molecular formula is C17H20N2O4. The third kappa shape index (κ3) is 4.18. The zero-order valence-electron chi connectivity index (χ0n) is 13.6. The van der Waals surface area contributed by atoms with Crippen LogP contribution in [-0.4, -0.2) is 30.0 Å². The Bertz CT molecular complexity index is 707. The van der Waals surface area contributed by atoms with Crippen molar-refractivity contribution in [3.63, 3.8) is 0 Å². The number of nitrogens with zero attached hydrogens (tertiary/aromatic N) is 1. The van der Waals surface area contributed by atoms with E-state index in [1.165, 1.54) is 19.3 Å². The summed E-state index contributed by atoms with van der Waals surface area (Å²) in [5.74, 6) is -0.578. The van der Waals surface area contributed by atoms with E-state index in [1.807, 2.05) is 39.0 Å². The SMILES string of the molecule is COC(=O)[C@H](NC(=O)/C=C\c1nc2ccccc2o1)C(C)(C)C. The number of methoxy groups -OCH3 is 1. The fraction of sp³-hybridized carbons (Fsp3) is 0.353. The summed E-state index contributed by atoms with van der Waals surface area (Å²) in [6, 6.07) is 6.58. The van der Waals surface area contributed by atoms with Crippen LogP contribution >= 0.6 is 0 Å². The Morgan fingerprint density at radius 2 is 2.00 bits per heavy atom. The highest BCUT2D eigenvalue weighted by Crippen LogP contribution is 2.20. The van der Waals surface area contributed by atoms with Crippen LogP contribution in [0.3, 0.4) is 0 Å². The number of benzene rings is 1. The second-order valence-corrected chi connectivity index (χ2v) is 6.18. The number of carbonyl (C=O) groups excluding carboxylic acids is 2. The van der Waals surface area contributed by atoms with Crippen molar-refractivity contribution in [1.82, 2.24) is 10.3 Å². The van der Waals surface area contributed by atoms with Gasteiger partial charge in [0.25, 0.3) is 0 Å². The van der Waals surface area contributed by atoms with Crippen molar-refractivity contribution in [2.45, 2.75) is 26.8 Å². The van der Waals surface area contributed by atoms with Gasteiger partial charge in [-0.2, -0.15) is 0 Å². The fourth-order valence-corrected chi connectivity index (χ4v) is 2.05. The molecule has 122 valence electrons. The van der Waals surface area contributed by atoms with Gasteiger partial charge >= 0.3 is 5.97 Å². The van der Waals surface area contributed by atoms with E-state index in [-0.39, 0.29) is 0 Å². The van der Waals surface area contributed by atoms with Gasteiger partial charge in [0.05, 0.1) is 7.11 Å². The molecule has 1 N–H and O–H groups in total. The maximum Gasteiger partial charge on any atom is 0.328 e. The number of aromatic nitrogens is 1. The molecule has 1 atom stereocenters. The van der Waals surface area contributed by atoms with Gasteiger partial charge in [-0.25, -0.2) is 9.78 Å². The molecule has 1 heterocycles. The molecule has 0 unspecified atom stereocenters. The lowest BCUT2D eigenvalue weighted by atomic mass is 9.86. The van der Waals surface area contributed by atoms with Crippen LogP contribution in [0.5, 0.6) is 0 Å². The summed E-state index contributed by atoms with van der Waals surface area (Å²) >= 11 is 0. The fourth-order valence-electron chi connectivity index (χ4n) is 2.05. The highest BCUT2D eigenvalue weighted by molar-refractivity contribution is 5.94. The van der Waals surface area contributed by atoms with Gasteiger partial charge in [0.2, 0.25) is 11.8 Å². The molecule has 23 heavy (non-hydrogen) atoms. The molecule has 0 spiro atoms. The smallest absolute Gasteiger partial charge is 0.328 e. The molecule has 1 aromatic heterocycles. The maximum absolute atomic E-state index is 12.0. The summed E-state index contributed by atoms with van der Waals surface area (Å²) < 4.78 is 10.2. The van der Waals surface area contributed by atoms with Crippen LogP contribution in [0.15, 0.2) is 34.8 Å². The second-order valence-electron chi connectivity index (χ2n) is 6.18. The van der Waals surface area contributed by atoms with E-state index in [4.69, 9.17) is 9.15 Å². The highest BCUT2D eigenvalue weighted by Gasteiger charge is 2.33. The first-order valence-electron chi connectivity index (χ1n) is 7.23. The Hall–Kier alpha value is -2.63. The molecule has 2 rings (SSSR count). The third-order valence-corrected chi connectivity index (χ3v) is 3.28. The first-order chi connectivity index (χ1) is 10.8. The topological polar surface area (TPSA) is 81.4 Å². The van der Waals surface area contributed by atoms with Crippen LogP contribution in [0, 0.1) is 5.41 Å². The van der Waals surface area contributed by atoms with Crippen LogP contribution in [0.4, 0.5) is 0 Å². The molecule has 0 radical (unpaired) electrons. The quantitative estimate of drug-likeness (QED) is 0.692. The van der Waals surface area contributed by atoms with Crippen molar-refractivity contribution in [2.75, 3.05) is 7.11 Å². The zero-order valence-corrected chi connectivity index (χ0v) is 13.6. The number of carbonyl (C=O) groups is 2. The van der Waals surface area contributed by atoms with Crippen LogP contribution in [-0.2, 0) is 14.3 Å². The molecule has 6 heteroatoms. The first kappa shape index (κ1) is 16.7. The lowest BCUT2D eigenvalue weighted by molar-refractivity contribution is -0.147. The van der Waals surface area contributed by atoms with Crippen molar-refractivity contribution < 1.29 is 18.7 Å². The lowest BCUT2D eigenvalue weighted by Crippen LogP contribution is -2.49. The molecule has 0 saturated heterocycles. The minimum Gasteiger partial charge on any atom is -0.467 e. The minimum absolute atomic E-state index is 0.326. The van der Waals surface area contributed by atoms with Gasteiger partial charge in [0.1, 0.15) is 11.6 Å². The average Bonchev–Trinajstić information content (AvgIpc) is 2.91. The molecule has 1 amide bonds. The van der Waals surface area contributed by atoms with Crippen molar-refractivity contribution in [3.05, 3.63) is 36.2 Å². The van der Waals surface area contributed by atoms with Crippen molar-refractivity contribution in [2.24, 2.45) is 5.41 Å². The van der Waals surface area contributed by atoms with E-state index in [9.17, 15) is 9.59 Å². The first-order valence-corrected chi connectivity index (χ1v) is 7.23. The van der Waals surface area contributed by atoms with Gasteiger partial charge in [-0.3, -0.25) is 4.79 Å². The number of oxazole rings is 1. The van der Waals surface area contributed by atoms with Gasteiger partial charge in [-0.1, -0.05) is 32.9 Å². The Balaban J connectivity index is 2.09. The van der Waals surface area contributed by atoms with Gasteiger partial charge in [0, 0.05) is 12.2 Å². The molecule has 0 saturated carbocycles. The summed E-state index contributed by atoms with van der Waals surface area (Å²) in [5.41, 5.74) is 0.901. The third-order valence-electron chi connectivity index (χ3n) is 3.28. The molecule has 1 aromatic carbocycles. The number of amides is 1. The monoisotopic (exact) mass is 316 g/mol. The highest BCUT2D eigenvalue weighted by atomic mass is 16.5. The van der Waals surface area contributed by atoms with E-state index in [1.54, 1.807) is 6.07 Å². The van der Waals surface area contributed by atoms with Crippen LogP contribution in [0.2, 0.25) is 0 Å². The van der Waals surface area contributed by atoms with E-state index in [0.29, 0.717) is 11.5 Å². The van der Waals surface area contributed by atoms with Crippen LogP contribution in [0.25, 0.3) is 17.2 Å². The molecule has 0 aliphatic heterocycles. The van der Waals surface area contributed by atoms with Crippen LogP contribution in [0.1, 0.15) is 26.7 Å². The Morgan fingerprint density at radius 1 is 1.30 bits per heavy atom. The zero-order chi connectivity index (χ0) is 17.0. The lowest BCUT2D eigenvalue weighted by Gasteiger charge is -2.28. The van der Waals surface area contributed by atoms with Crippen molar-refractivity contribution >= 4 is 29.1 Å².